The zero-order valence-electron chi connectivity index (χ0n) is 14.3. The molecule has 1 atom stereocenters. The van der Waals surface area contributed by atoms with Gasteiger partial charge in [0.1, 0.15) is 11.4 Å². The molecule has 1 amide bonds. The van der Waals surface area contributed by atoms with E-state index in [1.165, 1.54) is 0 Å². The highest BCUT2D eigenvalue weighted by Crippen LogP contribution is 2.21. The standard InChI is InChI=1S/C18H24N4O3/c1-25-14-5-3-13(4-6-14)15-11-16(22-21-15)17(23)20-12-18(24)7-2-9-19-10-8-18/h3-6,11,19,24H,2,7-10,12H2,1H3,(H,20,23)(H,21,22)/t18-/m0/s1. The van der Waals surface area contributed by atoms with Crippen molar-refractivity contribution < 1.29 is 14.6 Å². The number of methoxy groups -OCH3 is 1. The molecule has 0 radical (unpaired) electrons. The number of nitrogens with zero attached hydrogens (tertiary/aromatic N) is 1. The fourth-order valence-electron chi connectivity index (χ4n) is 2.98. The molecule has 1 aromatic carbocycles. The predicted octanol–water partition coefficient (Wildman–Crippen LogP) is 1.32. The largest absolute Gasteiger partial charge is 0.497 e. The van der Waals surface area contributed by atoms with E-state index in [0.29, 0.717) is 24.2 Å². The van der Waals surface area contributed by atoms with Crippen LogP contribution in [-0.4, -0.2) is 53.6 Å². The van der Waals surface area contributed by atoms with Gasteiger partial charge in [-0.2, -0.15) is 5.10 Å². The van der Waals surface area contributed by atoms with Crippen molar-refractivity contribution in [3.8, 4) is 17.0 Å². The fourth-order valence-corrected chi connectivity index (χ4v) is 2.98. The fraction of sp³-hybridized carbons (Fsp3) is 0.444. The second-order valence-electron chi connectivity index (χ2n) is 6.41. The highest BCUT2D eigenvalue weighted by atomic mass is 16.5. The monoisotopic (exact) mass is 344 g/mol. The van der Waals surface area contributed by atoms with Crippen molar-refractivity contribution in [1.82, 2.24) is 20.8 Å². The number of ether oxygens (including phenoxy) is 1. The third kappa shape index (κ3) is 4.37. The maximum absolute atomic E-state index is 12.3. The number of amides is 1. The Morgan fingerprint density at radius 2 is 2.12 bits per heavy atom. The third-order valence-corrected chi connectivity index (χ3v) is 4.55. The maximum atomic E-state index is 12.3. The first-order chi connectivity index (χ1) is 12.1. The van der Waals surface area contributed by atoms with E-state index in [9.17, 15) is 9.90 Å². The SMILES string of the molecule is COc1ccc(-c2cc(C(=O)NC[C@]3(O)CCCNCC3)[nH]n2)cc1. The van der Waals surface area contributed by atoms with E-state index < -0.39 is 5.60 Å². The number of hydrogen-bond acceptors (Lipinski definition) is 5. The van der Waals surface area contributed by atoms with Gasteiger partial charge >= 0.3 is 0 Å². The second kappa shape index (κ2) is 7.67. The minimum Gasteiger partial charge on any atom is -0.497 e. The summed E-state index contributed by atoms with van der Waals surface area (Å²) in [6.45, 7) is 1.91. The predicted molar refractivity (Wildman–Crippen MR) is 94.6 cm³/mol. The molecule has 0 spiro atoms. The topological polar surface area (TPSA) is 99.3 Å². The average molecular weight is 344 g/mol. The minimum atomic E-state index is -0.849. The zero-order chi connectivity index (χ0) is 17.7. The molecule has 0 aliphatic carbocycles. The van der Waals surface area contributed by atoms with Gasteiger partial charge in [-0.15, -0.1) is 0 Å². The number of nitrogens with one attached hydrogen (secondary N) is 3. The van der Waals surface area contributed by atoms with Crippen LogP contribution in [0.3, 0.4) is 0 Å². The number of carbonyl (C=O) groups is 1. The first kappa shape index (κ1) is 17.4. The summed E-state index contributed by atoms with van der Waals surface area (Å²) in [6.07, 6.45) is 2.21. The van der Waals surface area contributed by atoms with Crippen LogP contribution in [-0.2, 0) is 0 Å². The molecule has 2 heterocycles. The van der Waals surface area contributed by atoms with Gasteiger partial charge in [-0.25, -0.2) is 0 Å². The van der Waals surface area contributed by atoms with Crippen molar-refractivity contribution in [2.75, 3.05) is 26.7 Å². The Morgan fingerprint density at radius 3 is 2.88 bits per heavy atom. The normalized spacial score (nSPS) is 20.7. The number of benzene rings is 1. The molecule has 7 nitrogen and oxygen atoms in total. The molecule has 0 bridgehead atoms. The maximum Gasteiger partial charge on any atom is 0.269 e. The number of rotatable bonds is 5. The molecule has 134 valence electrons. The Balaban J connectivity index is 1.62. The Bertz CT molecular complexity index is 703. The summed E-state index contributed by atoms with van der Waals surface area (Å²) >= 11 is 0. The van der Waals surface area contributed by atoms with Crippen LogP contribution in [0.2, 0.25) is 0 Å². The first-order valence-corrected chi connectivity index (χ1v) is 8.51. The molecular formula is C18H24N4O3. The lowest BCUT2D eigenvalue weighted by atomic mass is 9.95. The molecular weight excluding hydrogens is 320 g/mol. The highest BCUT2D eigenvalue weighted by molar-refractivity contribution is 5.93. The van der Waals surface area contributed by atoms with Gasteiger partial charge in [-0.3, -0.25) is 9.89 Å². The van der Waals surface area contributed by atoms with Gasteiger partial charge in [0.25, 0.3) is 5.91 Å². The lowest BCUT2D eigenvalue weighted by Gasteiger charge is -2.26. The van der Waals surface area contributed by atoms with Crippen LogP contribution in [0.4, 0.5) is 0 Å². The number of aromatic amines is 1. The molecule has 1 saturated heterocycles. The van der Waals surface area contributed by atoms with Gasteiger partial charge < -0.3 is 20.5 Å². The molecule has 1 aromatic heterocycles. The number of aromatic nitrogens is 2. The summed E-state index contributed by atoms with van der Waals surface area (Å²) in [5.74, 6) is 0.501. The first-order valence-electron chi connectivity index (χ1n) is 8.51. The van der Waals surface area contributed by atoms with Crippen molar-refractivity contribution >= 4 is 5.91 Å². The van der Waals surface area contributed by atoms with Crippen LogP contribution in [0, 0.1) is 0 Å². The van der Waals surface area contributed by atoms with Crippen molar-refractivity contribution in [2.24, 2.45) is 0 Å². The number of H-pyrrole nitrogens is 1. The minimum absolute atomic E-state index is 0.240. The summed E-state index contributed by atoms with van der Waals surface area (Å²) in [7, 11) is 1.62. The molecule has 0 saturated carbocycles. The molecule has 3 rings (SSSR count). The Morgan fingerprint density at radius 1 is 1.32 bits per heavy atom. The summed E-state index contributed by atoms with van der Waals surface area (Å²) < 4.78 is 5.14. The number of carbonyl (C=O) groups excluding carboxylic acids is 1. The van der Waals surface area contributed by atoms with E-state index >= 15 is 0 Å². The van der Waals surface area contributed by atoms with Crippen LogP contribution >= 0.6 is 0 Å². The molecule has 2 aromatic rings. The third-order valence-electron chi connectivity index (χ3n) is 4.55. The van der Waals surface area contributed by atoms with E-state index in [2.05, 4.69) is 20.8 Å². The summed E-state index contributed by atoms with van der Waals surface area (Å²) in [4.78, 5) is 12.3. The van der Waals surface area contributed by atoms with Gasteiger partial charge in [0.2, 0.25) is 0 Å². The Kier molecular flexibility index (Phi) is 5.35. The van der Waals surface area contributed by atoms with Gasteiger partial charge in [-0.1, -0.05) is 0 Å². The van der Waals surface area contributed by atoms with Crippen molar-refractivity contribution in [1.29, 1.82) is 0 Å². The van der Waals surface area contributed by atoms with E-state index in [0.717, 1.165) is 30.8 Å². The quantitative estimate of drug-likeness (QED) is 0.656. The van der Waals surface area contributed by atoms with E-state index in [-0.39, 0.29) is 12.5 Å². The van der Waals surface area contributed by atoms with Crippen LogP contribution in [0.1, 0.15) is 29.8 Å². The van der Waals surface area contributed by atoms with Crippen LogP contribution in [0.5, 0.6) is 5.75 Å². The molecule has 1 fully saturated rings. The highest BCUT2D eigenvalue weighted by Gasteiger charge is 2.28. The smallest absolute Gasteiger partial charge is 0.269 e. The zero-order valence-corrected chi connectivity index (χ0v) is 14.3. The Hall–Kier alpha value is -2.38. The lowest BCUT2D eigenvalue weighted by Crippen LogP contribution is -2.43. The van der Waals surface area contributed by atoms with Gasteiger partial charge in [0.15, 0.2) is 0 Å². The Labute approximate surface area is 146 Å². The average Bonchev–Trinajstić information content (AvgIpc) is 3.03. The molecule has 4 N–H and O–H groups in total. The van der Waals surface area contributed by atoms with Crippen molar-refractivity contribution in [3.05, 3.63) is 36.0 Å². The van der Waals surface area contributed by atoms with Crippen LogP contribution in [0.25, 0.3) is 11.3 Å². The summed E-state index contributed by atoms with van der Waals surface area (Å²) in [5, 5.41) is 23.6. The summed E-state index contributed by atoms with van der Waals surface area (Å²) in [5.41, 5.74) is 1.11. The number of hydrogen-bond donors (Lipinski definition) is 4. The molecule has 0 unspecified atom stereocenters. The lowest BCUT2D eigenvalue weighted by molar-refractivity contribution is 0.0275. The van der Waals surface area contributed by atoms with E-state index in [4.69, 9.17) is 4.74 Å². The van der Waals surface area contributed by atoms with E-state index in [1.807, 2.05) is 24.3 Å². The summed E-state index contributed by atoms with van der Waals surface area (Å²) in [6, 6.07) is 9.17. The second-order valence-corrected chi connectivity index (χ2v) is 6.41. The van der Waals surface area contributed by atoms with Crippen LogP contribution in [0.15, 0.2) is 30.3 Å². The van der Waals surface area contributed by atoms with E-state index in [1.54, 1.807) is 13.2 Å². The van der Waals surface area contributed by atoms with Crippen molar-refractivity contribution in [3.63, 3.8) is 0 Å². The van der Waals surface area contributed by atoms with Crippen LogP contribution < -0.4 is 15.4 Å². The molecule has 25 heavy (non-hydrogen) atoms. The van der Waals surface area contributed by atoms with Gasteiger partial charge in [0.05, 0.1) is 18.4 Å². The molecule has 1 aliphatic rings. The molecule has 1 aliphatic heterocycles. The molecule has 7 heteroatoms. The number of aliphatic hydroxyl groups is 1. The van der Waals surface area contributed by atoms with Crippen molar-refractivity contribution in [2.45, 2.75) is 24.9 Å². The van der Waals surface area contributed by atoms with Gasteiger partial charge in [0, 0.05) is 12.1 Å². The van der Waals surface area contributed by atoms with Gasteiger partial charge in [-0.05, 0) is 62.7 Å².